The molecule has 0 aliphatic rings. The van der Waals surface area contributed by atoms with E-state index >= 15 is 0 Å². The fraction of sp³-hybridized carbons (Fsp3) is 0.0588. The fourth-order valence-corrected chi connectivity index (χ4v) is 2.55. The van der Waals surface area contributed by atoms with Crippen LogP contribution in [0.1, 0.15) is 5.56 Å². The van der Waals surface area contributed by atoms with Crippen LogP contribution in [0, 0.1) is 23.3 Å². The van der Waals surface area contributed by atoms with Crippen molar-refractivity contribution in [2.75, 3.05) is 0 Å². The lowest BCUT2D eigenvalue weighted by Crippen LogP contribution is -2.18. The van der Waals surface area contributed by atoms with E-state index in [4.69, 9.17) is 5.11 Å². The summed E-state index contributed by atoms with van der Waals surface area (Å²) in [6.45, 7) is -0.301. The maximum absolute atomic E-state index is 14.2. The van der Waals surface area contributed by atoms with Crippen LogP contribution in [0.25, 0.3) is 10.9 Å². The first-order valence-electron chi connectivity index (χ1n) is 7.14. The summed E-state index contributed by atoms with van der Waals surface area (Å²) in [5.74, 6) is -5.03. The molecular weight excluding hydrogens is 358 g/mol. The molecule has 1 aromatic heterocycles. The first kappa shape index (κ1) is 17.5. The minimum atomic E-state index is -1.82. The second kappa shape index (κ2) is 6.51. The summed E-state index contributed by atoms with van der Waals surface area (Å²) >= 11 is 0. The smallest absolute Gasteiger partial charge is 0.449 e. The van der Waals surface area contributed by atoms with E-state index in [1.807, 2.05) is 0 Å². The van der Waals surface area contributed by atoms with E-state index in [-0.39, 0.29) is 12.1 Å². The summed E-state index contributed by atoms with van der Waals surface area (Å²) in [6, 6.07) is 4.40. The van der Waals surface area contributed by atoms with Gasteiger partial charge in [-0.25, -0.2) is 22.4 Å². The molecule has 3 rings (SSSR count). The van der Waals surface area contributed by atoms with Gasteiger partial charge in [0.15, 0.2) is 17.4 Å². The summed E-state index contributed by atoms with van der Waals surface area (Å²) in [5.41, 5.74) is -1.45. The van der Waals surface area contributed by atoms with Crippen LogP contribution < -0.4 is 10.2 Å². The van der Waals surface area contributed by atoms with E-state index < -0.39 is 51.5 Å². The molecule has 0 aliphatic carbocycles. The molecule has 5 nitrogen and oxygen atoms in total. The summed E-state index contributed by atoms with van der Waals surface area (Å²) < 4.78 is 60.1. The predicted molar refractivity (Wildman–Crippen MR) is 82.2 cm³/mol. The van der Waals surface area contributed by atoms with Gasteiger partial charge in [-0.3, -0.25) is 4.79 Å². The van der Waals surface area contributed by atoms with Crippen molar-refractivity contribution >= 4 is 17.1 Å². The van der Waals surface area contributed by atoms with Gasteiger partial charge >= 0.3 is 6.16 Å². The number of benzene rings is 2. The largest absolute Gasteiger partial charge is 0.511 e. The molecule has 26 heavy (non-hydrogen) atoms. The zero-order chi connectivity index (χ0) is 19.0. The average molecular weight is 367 g/mol. The van der Waals surface area contributed by atoms with Crippen molar-refractivity contribution in [3.05, 3.63) is 75.6 Å². The standard InChI is InChI=1S/C17H9F4NO4/c18-9-2-1-8(5-12(9)21)6-22-7-13(26-17(24)25)16(23)14-10(19)3-4-11(20)15(14)22/h1-5,7H,6H2,(H,24,25). The number of rotatable bonds is 3. The Balaban J connectivity index is 2.27. The third-order valence-electron chi connectivity index (χ3n) is 3.62. The molecule has 9 heteroatoms. The van der Waals surface area contributed by atoms with E-state index in [0.717, 1.165) is 29.0 Å². The van der Waals surface area contributed by atoms with Gasteiger partial charge in [0, 0.05) is 6.54 Å². The van der Waals surface area contributed by atoms with Gasteiger partial charge in [-0.1, -0.05) is 6.07 Å². The van der Waals surface area contributed by atoms with Crippen molar-refractivity contribution in [1.82, 2.24) is 4.57 Å². The number of carbonyl (C=O) groups is 1. The normalized spacial score (nSPS) is 10.9. The maximum atomic E-state index is 14.2. The highest BCUT2D eigenvalue weighted by Crippen LogP contribution is 2.23. The van der Waals surface area contributed by atoms with Crippen molar-refractivity contribution in [3.63, 3.8) is 0 Å². The highest BCUT2D eigenvalue weighted by atomic mass is 19.2. The van der Waals surface area contributed by atoms with E-state index in [0.29, 0.717) is 6.07 Å². The van der Waals surface area contributed by atoms with Crippen LogP contribution in [0.2, 0.25) is 0 Å². The highest BCUT2D eigenvalue weighted by Gasteiger charge is 2.19. The Bertz CT molecular complexity index is 1090. The Morgan fingerprint density at radius 2 is 1.65 bits per heavy atom. The molecule has 0 aliphatic heterocycles. The quantitative estimate of drug-likeness (QED) is 0.567. The third kappa shape index (κ3) is 3.10. The van der Waals surface area contributed by atoms with Gasteiger partial charge in [0.1, 0.15) is 11.6 Å². The Kier molecular flexibility index (Phi) is 4.37. The minimum absolute atomic E-state index is 0.166. The number of pyridine rings is 1. The number of hydrogen-bond acceptors (Lipinski definition) is 3. The minimum Gasteiger partial charge on any atom is -0.449 e. The fourth-order valence-electron chi connectivity index (χ4n) is 2.55. The second-order valence-corrected chi connectivity index (χ2v) is 5.32. The molecule has 0 bridgehead atoms. The van der Waals surface area contributed by atoms with E-state index in [2.05, 4.69) is 4.74 Å². The van der Waals surface area contributed by atoms with Crippen molar-refractivity contribution in [2.45, 2.75) is 6.54 Å². The summed E-state index contributed by atoms with van der Waals surface area (Å²) in [5, 5.41) is 7.99. The molecule has 0 saturated heterocycles. The van der Waals surface area contributed by atoms with E-state index in [1.54, 1.807) is 0 Å². The summed E-state index contributed by atoms with van der Waals surface area (Å²) in [6.07, 6.45) is -0.958. The van der Waals surface area contributed by atoms with Crippen LogP contribution in [0.5, 0.6) is 5.75 Å². The Morgan fingerprint density at radius 3 is 2.31 bits per heavy atom. The molecule has 0 amide bonds. The molecule has 3 aromatic rings. The molecule has 134 valence electrons. The summed E-state index contributed by atoms with van der Waals surface area (Å²) in [7, 11) is 0. The number of nitrogens with zero attached hydrogens (tertiary/aromatic N) is 1. The van der Waals surface area contributed by atoms with Gasteiger partial charge in [0.05, 0.1) is 17.1 Å². The Hall–Kier alpha value is -3.36. The van der Waals surface area contributed by atoms with Gasteiger partial charge in [0.2, 0.25) is 5.43 Å². The van der Waals surface area contributed by atoms with E-state index in [1.165, 1.54) is 6.07 Å². The van der Waals surface area contributed by atoms with E-state index in [9.17, 15) is 27.2 Å². The Labute approximate surface area is 142 Å². The van der Waals surface area contributed by atoms with Gasteiger partial charge in [0.25, 0.3) is 0 Å². The van der Waals surface area contributed by atoms with Crippen LogP contribution in [0.15, 0.2) is 41.3 Å². The van der Waals surface area contributed by atoms with Crippen LogP contribution >= 0.6 is 0 Å². The SMILES string of the molecule is O=C(O)Oc1cn(Cc2ccc(F)c(F)c2)c2c(F)ccc(F)c2c1=O. The molecule has 1 N–H and O–H groups in total. The number of halogens is 4. The second-order valence-electron chi connectivity index (χ2n) is 5.32. The van der Waals surface area contributed by atoms with Gasteiger partial charge in [-0.15, -0.1) is 0 Å². The average Bonchev–Trinajstić information content (AvgIpc) is 2.57. The molecule has 0 saturated carbocycles. The molecule has 0 unspecified atom stereocenters. The first-order chi connectivity index (χ1) is 12.3. The van der Waals surface area contributed by atoms with Crippen molar-refractivity contribution in [1.29, 1.82) is 0 Å². The van der Waals surface area contributed by atoms with Gasteiger partial charge in [-0.2, -0.15) is 0 Å². The van der Waals surface area contributed by atoms with Crippen molar-refractivity contribution in [2.24, 2.45) is 0 Å². The molecule has 2 aromatic carbocycles. The van der Waals surface area contributed by atoms with Crippen LogP contribution in [0.3, 0.4) is 0 Å². The Morgan fingerprint density at radius 1 is 1.00 bits per heavy atom. The van der Waals surface area contributed by atoms with Crippen LogP contribution in [-0.2, 0) is 6.54 Å². The molecule has 1 heterocycles. The van der Waals surface area contributed by atoms with Crippen LogP contribution in [0.4, 0.5) is 22.4 Å². The number of fused-ring (bicyclic) bond motifs is 1. The summed E-state index contributed by atoms with van der Waals surface area (Å²) in [4.78, 5) is 23.0. The third-order valence-corrected chi connectivity index (χ3v) is 3.62. The first-order valence-corrected chi connectivity index (χ1v) is 7.14. The topological polar surface area (TPSA) is 68.5 Å². The lowest BCUT2D eigenvalue weighted by atomic mass is 10.1. The van der Waals surface area contributed by atoms with Crippen molar-refractivity contribution < 1.29 is 32.2 Å². The molecule has 0 atom stereocenters. The molecular formula is C17H9F4NO4. The maximum Gasteiger partial charge on any atom is 0.511 e. The zero-order valence-corrected chi connectivity index (χ0v) is 12.8. The molecule has 0 fully saturated rings. The number of ether oxygens (including phenoxy) is 1. The molecule has 0 spiro atoms. The lowest BCUT2D eigenvalue weighted by Gasteiger charge is -2.14. The number of hydrogen-bond donors (Lipinski definition) is 1. The number of carboxylic acid groups (broad SMARTS) is 1. The predicted octanol–water partition coefficient (Wildman–Crippen LogP) is 3.66. The lowest BCUT2D eigenvalue weighted by molar-refractivity contribution is 0.144. The van der Waals surface area contributed by atoms with Gasteiger partial charge < -0.3 is 14.4 Å². The molecule has 0 radical (unpaired) electrons. The zero-order valence-electron chi connectivity index (χ0n) is 12.8. The monoisotopic (exact) mass is 367 g/mol. The number of aromatic nitrogens is 1. The van der Waals surface area contributed by atoms with Crippen LogP contribution in [-0.4, -0.2) is 15.8 Å². The highest BCUT2D eigenvalue weighted by molar-refractivity contribution is 5.82. The van der Waals surface area contributed by atoms with Gasteiger partial charge in [-0.05, 0) is 29.8 Å². The van der Waals surface area contributed by atoms with Crippen molar-refractivity contribution in [3.8, 4) is 5.75 Å².